The highest BCUT2D eigenvalue weighted by Crippen LogP contribution is 2.39. The number of anilines is 2. The number of likely N-dealkylation sites (tertiary alicyclic amines) is 1. The van der Waals surface area contributed by atoms with Crippen LogP contribution in [0, 0.1) is 5.92 Å². The lowest BCUT2D eigenvalue weighted by Gasteiger charge is -2.50. The fraction of sp³-hybridized carbons (Fsp3) is 0.406. The number of nitrogens with zero attached hydrogens (tertiary/aromatic N) is 6. The van der Waals surface area contributed by atoms with Crippen molar-refractivity contribution in [1.82, 2.24) is 29.2 Å². The normalized spacial score (nSPS) is 20.7. The molecule has 1 saturated carbocycles. The van der Waals surface area contributed by atoms with Crippen LogP contribution in [0.2, 0.25) is 0 Å². The van der Waals surface area contributed by atoms with E-state index >= 15 is 0 Å². The smallest absolute Gasteiger partial charge is 0.416 e. The SMILES string of the molecule is COc1cc(C(=O)Nc2cc(C(F)(F)F)ccn2)ccc1-c1nc([C@H]2CN(C3CN(C(=O)C4CC4)C3)[C@@H](C)CO2)n2ccnc(N)c12. The molecule has 246 valence electrons. The van der Waals surface area contributed by atoms with Gasteiger partial charge in [0.1, 0.15) is 40.5 Å². The number of methoxy groups -OCH3 is 1. The molecule has 1 aliphatic carbocycles. The average Bonchev–Trinajstić information content (AvgIpc) is 3.81. The standard InChI is InChI=1S/C32H33F3N8O4/c1-17-16-47-24(15-43(17)21-13-41(14-21)31(45)18-3-4-18)29-40-26(27-28(36)38-9-10-42(27)29)22-6-5-19(11-23(22)46-2)30(44)39-25-12-20(7-8-37-25)32(33,34)35/h5-12,17-18,21,24H,3-4,13-16H2,1-2H3,(H2,36,38)(H,37,39,44)/t17-,24+/m0/s1. The fourth-order valence-corrected chi connectivity index (χ4v) is 6.27. The molecule has 47 heavy (non-hydrogen) atoms. The van der Waals surface area contributed by atoms with Gasteiger partial charge in [-0.1, -0.05) is 0 Å². The minimum atomic E-state index is -4.58. The number of imidazole rings is 1. The quantitative estimate of drug-likeness (QED) is 0.303. The van der Waals surface area contributed by atoms with Gasteiger partial charge in [0.15, 0.2) is 0 Å². The predicted octanol–water partition coefficient (Wildman–Crippen LogP) is 4.04. The van der Waals surface area contributed by atoms with Crippen LogP contribution in [0.5, 0.6) is 5.75 Å². The van der Waals surface area contributed by atoms with Crippen molar-refractivity contribution in [3.8, 4) is 17.0 Å². The van der Waals surface area contributed by atoms with Gasteiger partial charge < -0.3 is 25.4 Å². The van der Waals surface area contributed by atoms with E-state index in [2.05, 4.69) is 27.1 Å². The maximum absolute atomic E-state index is 13.1. The van der Waals surface area contributed by atoms with Crippen molar-refractivity contribution in [2.75, 3.05) is 44.4 Å². The number of amides is 2. The number of nitrogens with two attached hydrogens (primary N) is 1. The van der Waals surface area contributed by atoms with E-state index in [1.807, 2.05) is 9.30 Å². The van der Waals surface area contributed by atoms with E-state index in [0.29, 0.717) is 54.6 Å². The lowest BCUT2D eigenvalue weighted by atomic mass is 10.0. The molecule has 7 rings (SSSR count). The summed E-state index contributed by atoms with van der Waals surface area (Å²) in [6.45, 7) is 4.58. The third-order valence-corrected chi connectivity index (χ3v) is 9.00. The van der Waals surface area contributed by atoms with Gasteiger partial charge in [-0.2, -0.15) is 13.2 Å². The third kappa shape index (κ3) is 5.84. The highest BCUT2D eigenvalue weighted by atomic mass is 19.4. The number of nitrogens with one attached hydrogen (secondary N) is 1. The largest absolute Gasteiger partial charge is 0.496 e. The predicted molar refractivity (Wildman–Crippen MR) is 165 cm³/mol. The summed E-state index contributed by atoms with van der Waals surface area (Å²) in [5.74, 6) is 0.690. The van der Waals surface area contributed by atoms with E-state index < -0.39 is 23.8 Å². The Hall–Kier alpha value is -4.76. The summed E-state index contributed by atoms with van der Waals surface area (Å²) in [6.07, 6.45) is 1.32. The highest BCUT2D eigenvalue weighted by Gasteiger charge is 2.44. The lowest BCUT2D eigenvalue weighted by Crippen LogP contribution is -2.65. The minimum absolute atomic E-state index is 0.134. The molecule has 0 radical (unpaired) electrons. The van der Waals surface area contributed by atoms with E-state index in [1.54, 1.807) is 18.5 Å². The number of hydrogen-bond donors (Lipinski definition) is 2. The molecule has 15 heteroatoms. The van der Waals surface area contributed by atoms with Crippen LogP contribution in [0.3, 0.4) is 0 Å². The van der Waals surface area contributed by atoms with Gasteiger partial charge in [0.25, 0.3) is 5.91 Å². The summed E-state index contributed by atoms with van der Waals surface area (Å²) >= 11 is 0. The van der Waals surface area contributed by atoms with Crippen molar-refractivity contribution in [3.05, 3.63) is 65.9 Å². The van der Waals surface area contributed by atoms with Crippen molar-refractivity contribution < 1.29 is 32.2 Å². The molecule has 3 fully saturated rings. The van der Waals surface area contributed by atoms with Crippen molar-refractivity contribution >= 4 is 29.0 Å². The van der Waals surface area contributed by atoms with Crippen LogP contribution in [-0.2, 0) is 15.7 Å². The highest BCUT2D eigenvalue weighted by molar-refractivity contribution is 6.04. The first-order valence-corrected chi connectivity index (χ1v) is 15.3. The molecule has 2 aliphatic heterocycles. The zero-order chi connectivity index (χ0) is 33.0. The van der Waals surface area contributed by atoms with Gasteiger partial charge in [-0.3, -0.25) is 18.9 Å². The summed E-state index contributed by atoms with van der Waals surface area (Å²) < 4.78 is 53.3. The molecule has 12 nitrogen and oxygen atoms in total. The summed E-state index contributed by atoms with van der Waals surface area (Å²) in [7, 11) is 1.44. The molecular formula is C32H33F3N8O4. The number of ether oxygens (including phenoxy) is 2. The van der Waals surface area contributed by atoms with Gasteiger partial charge in [0, 0.05) is 67.4 Å². The number of hydrogen-bond acceptors (Lipinski definition) is 9. The van der Waals surface area contributed by atoms with Crippen LogP contribution in [0.4, 0.5) is 24.8 Å². The number of aromatic nitrogens is 4. The Kier molecular flexibility index (Phi) is 7.75. The zero-order valence-corrected chi connectivity index (χ0v) is 25.7. The van der Waals surface area contributed by atoms with E-state index in [0.717, 1.165) is 31.2 Å². The van der Waals surface area contributed by atoms with Crippen molar-refractivity contribution in [2.45, 2.75) is 44.1 Å². The Bertz CT molecular complexity index is 1850. The number of carbonyl (C=O) groups is 2. The van der Waals surface area contributed by atoms with Gasteiger partial charge >= 0.3 is 6.18 Å². The Morgan fingerprint density at radius 3 is 2.60 bits per heavy atom. The van der Waals surface area contributed by atoms with Crippen LogP contribution in [0.15, 0.2) is 48.9 Å². The molecule has 5 heterocycles. The Balaban J connectivity index is 1.16. The molecule has 1 aromatic carbocycles. The number of pyridine rings is 1. The summed E-state index contributed by atoms with van der Waals surface area (Å²) in [5.41, 5.74) is 7.11. The van der Waals surface area contributed by atoms with E-state index in [-0.39, 0.29) is 41.1 Å². The number of nitrogen functional groups attached to an aromatic ring is 1. The molecule has 0 unspecified atom stereocenters. The van der Waals surface area contributed by atoms with Gasteiger partial charge in [0.05, 0.1) is 19.3 Å². The number of halogens is 3. The molecule has 2 saturated heterocycles. The monoisotopic (exact) mass is 650 g/mol. The second-order valence-corrected chi connectivity index (χ2v) is 12.2. The molecule has 0 bridgehead atoms. The Morgan fingerprint density at radius 1 is 1.09 bits per heavy atom. The molecule has 4 aromatic rings. The topological polar surface area (TPSA) is 140 Å². The Morgan fingerprint density at radius 2 is 1.87 bits per heavy atom. The number of alkyl halides is 3. The van der Waals surface area contributed by atoms with Crippen molar-refractivity contribution in [2.24, 2.45) is 5.92 Å². The molecule has 2 atom stereocenters. The van der Waals surface area contributed by atoms with Crippen LogP contribution in [0.25, 0.3) is 16.8 Å². The lowest BCUT2D eigenvalue weighted by molar-refractivity contribution is -0.146. The fourth-order valence-electron chi connectivity index (χ4n) is 6.27. The molecule has 2 amide bonds. The maximum Gasteiger partial charge on any atom is 0.416 e. The summed E-state index contributed by atoms with van der Waals surface area (Å²) in [4.78, 5) is 43.0. The molecule has 0 spiro atoms. The molecule has 3 N–H and O–H groups in total. The average molecular weight is 651 g/mol. The Labute approximate surface area is 267 Å². The van der Waals surface area contributed by atoms with Gasteiger partial charge in [0.2, 0.25) is 5.91 Å². The molecule has 3 aromatic heterocycles. The first-order chi connectivity index (χ1) is 22.5. The first kappa shape index (κ1) is 30.9. The summed E-state index contributed by atoms with van der Waals surface area (Å²) in [6, 6.07) is 6.63. The van der Waals surface area contributed by atoms with Crippen molar-refractivity contribution in [1.29, 1.82) is 0 Å². The van der Waals surface area contributed by atoms with Crippen molar-refractivity contribution in [3.63, 3.8) is 0 Å². The number of benzene rings is 1. The molecule has 3 aliphatic rings. The number of carbonyl (C=O) groups excluding carboxylic acids is 2. The van der Waals surface area contributed by atoms with E-state index in [1.165, 1.54) is 19.2 Å². The zero-order valence-electron chi connectivity index (χ0n) is 25.7. The second-order valence-electron chi connectivity index (χ2n) is 12.2. The van der Waals surface area contributed by atoms with Gasteiger partial charge in [-0.15, -0.1) is 0 Å². The van der Waals surface area contributed by atoms with E-state index in [4.69, 9.17) is 20.2 Å². The van der Waals surface area contributed by atoms with Crippen LogP contribution >= 0.6 is 0 Å². The van der Waals surface area contributed by atoms with Crippen LogP contribution in [-0.4, -0.2) is 86.4 Å². The number of rotatable bonds is 7. The third-order valence-electron chi connectivity index (χ3n) is 9.00. The maximum atomic E-state index is 13.1. The summed E-state index contributed by atoms with van der Waals surface area (Å²) in [5, 5.41) is 2.41. The van der Waals surface area contributed by atoms with Gasteiger partial charge in [-0.05, 0) is 50.1 Å². The second kappa shape index (κ2) is 11.8. The van der Waals surface area contributed by atoms with Gasteiger partial charge in [-0.25, -0.2) is 15.0 Å². The number of fused-ring (bicyclic) bond motifs is 1. The minimum Gasteiger partial charge on any atom is -0.496 e. The van der Waals surface area contributed by atoms with Crippen LogP contribution in [0.1, 0.15) is 47.6 Å². The molecular weight excluding hydrogens is 617 g/mol. The van der Waals surface area contributed by atoms with E-state index in [9.17, 15) is 22.8 Å². The first-order valence-electron chi connectivity index (χ1n) is 15.3. The number of morpholine rings is 1. The van der Waals surface area contributed by atoms with Crippen LogP contribution < -0.4 is 15.8 Å².